The molecule has 1 aromatic heterocycles. The fourth-order valence-corrected chi connectivity index (χ4v) is 3.20. The molecular formula is C19H20ClN3O2. The van der Waals surface area contributed by atoms with E-state index in [9.17, 15) is 9.59 Å². The molecule has 1 aliphatic rings. The standard InChI is InChI=1S/C19H20ClN3O2/c1-13-6-9-21-17(12-13)22-18(24)14-7-10-23(11-8-14)19(25)15-4-2-3-5-16(15)20/h2-6,9,12,14H,7-8,10-11H2,1H3,(H,21,22,24). The zero-order valence-electron chi connectivity index (χ0n) is 14.0. The molecule has 1 fully saturated rings. The van der Waals surface area contributed by atoms with E-state index in [-0.39, 0.29) is 17.7 Å². The van der Waals surface area contributed by atoms with Gasteiger partial charge in [0.25, 0.3) is 5.91 Å². The first kappa shape index (κ1) is 17.4. The van der Waals surface area contributed by atoms with Crippen molar-refractivity contribution in [2.24, 2.45) is 5.92 Å². The molecule has 130 valence electrons. The summed E-state index contributed by atoms with van der Waals surface area (Å²) in [6.45, 7) is 3.04. The molecule has 0 atom stereocenters. The highest BCUT2D eigenvalue weighted by molar-refractivity contribution is 6.33. The number of nitrogens with zero attached hydrogens (tertiary/aromatic N) is 2. The molecule has 1 aliphatic heterocycles. The summed E-state index contributed by atoms with van der Waals surface area (Å²) in [5.74, 6) is 0.338. The fraction of sp³-hybridized carbons (Fsp3) is 0.316. The Hall–Kier alpha value is -2.40. The molecule has 2 aromatic rings. The summed E-state index contributed by atoms with van der Waals surface area (Å²) in [5, 5.41) is 3.32. The number of aromatic nitrogens is 1. The van der Waals surface area contributed by atoms with Gasteiger partial charge in [-0.15, -0.1) is 0 Å². The number of pyridine rings is 1. The van der Waals surface area contributed by atoms with Crippen molar-refractivity contribution in [2.45, 2.75) is 19.8 Å². The lowest BCUT2D eigenvalue weighted by atomic mass is 9.95. The van der Waals surface area contributed by atoms with Gasteiger partial charge in [0.2, 0.25) is 5.91 Å². The predicted octanol–water partition coefficient (Wildman–Crippen LogP) is 3.53. The summed E-state index contributed by atoms with van der Waals surface area (Å²) >= 11 is 6.10. The quantitative estimate of drug-likeness (QED) is 0.913. The van der Waals surface area contributed by atoms with Gasteiger partial charge in [0.05, 0.1) is 10.6 Å². The van der Waals surface area contributed by atoms with Gasteiger partial charge in [0.1, 0.15) is 5.82 Å². The van der Waals surface area contributed by atoms with Crippen LogP contribution in [0.3, 0.4) is 0 Å². The Bertz CT molecular complexity index is 786. The molecule has 0 saturated carbocycles. The number of halogens is 1. The van der Waals surface area contributed by atoms with E-state index in [1.165, 1.54) is 0 Å². The highest BCUT2D eigenvalue weighted by atomic mass is 35.5. The molecule has 0 aliphatic carbocycles. The average molecular weight is 358 g/mol. The largest absolute Gasteiger partial charge is 0.339 e. The molecule has 2 heterocycles. The Labute approximate surface area is 152 Å². The van der Waals surface area contributed by atoms with Gasteiger partial charge in [0, 0.05) is 25.2 Å². The first-order chi connectivity index (χ1) is 12.0. The molecule has 2 amide bonds. The number of nitrogens with one attached hydrogen (secondary N) is 1. The normalized spacial score (nSPS) is 15.0. The van der Waals surface area contributed by atoms with Crippen LogP contribution in [0.5, 0.6) is 0 Å². The smallest absolute Gasteiger partial charge is 0.255 e. The van der Waals surface area contributed by atoms with Gasteiger partial charge in [-0.3, -0.25) is 9.59 Å². The zero-order valence-corrected chi connectivity index (χ0v) is 14.8. The third kappa shape index (κ3) is 4.17. The van der Waals surface area contributed by atoms with E-state index < -0.39 is 0 Å². The molecule has 0 bridgehead atoms. The molecule has 0 unspecified atom stereocenters. The highest BCUT2D eigenvalue weighted by Crippen LogP contribution is 2.23. The third-order valence-corrected chi connectivity index (χ3v) is 4.75. The number of amides is 2. The Morgan fingerprint density at radius 1 is 1.20 bits per heavy atom. The average Bonchev–Trinajstić information content (AvgIpc) is 2.62. The van der Waals surface area contributed by atoms with Crippen LogP contribution in [0.15, 0.2) is 42.6 Å². The van der Waals surface area contributed by atoms with E-state index in [0.717, 1.165) is 5.56 Å². The summed E-state index contributed by atoms with van der Waals surface area (Å²) in [6, 6.07) is 10.8. The van der Waals surface area contributed by atoms with Crippen LogP contribution in [-0.4, -0.2) is 34.8 Å². The van der Waals surface area contributed by atoms with E-state index in [2.05, 4.69) is 10.3 Å². The predicted molar refractivity (Wildman–Crippen MR) is 97.7 cm³/mol. The number of piperidine rings is 1. The number of anilines is 1. The van der Waals surface area contributed by atoms with E-state index in [1.54, 1.807) is 35.4 Å². The van der Waals surface area contributed by atoms with Crippen molar-refractivity contribution >= 4 is 29.2 Å². The molecule has 1 aromatic carbocycles. The summed E-state index contributed by atoms with van der Waals surface area (Å²) in [5.41, 5.74) is 1.56. The number of carbonyl (C=O) groups excluding carboxylic acids is 2. The number of hydrogen-bond donors (Lipinski definition) is 1. The van der Waals surface area contributed by atoms with Gasteiger partial charge >= 0.3 is 0 Å². The second kappa shape index (κ2) is 7.66. The van der Waals surface area contributed by atoms with Crippen LogP contribution in [-0.2, 0) is 4.79 Å². The van der Waals surface area contributed by atoms with Crippen LogP contribution in [0.1, 0.15) is 28.8 Å². The number of rotatable bonds is 3. The van der Waals surface area contributed by atoms with Gasteiger partial charge in [-0.2, -0.15) is 0 Å². The minimum Gasteiger partial charge on any atom is -0.339 e. The van der Waals surface area contributed by atoms with Gasteiger partial charge in [0.15, 0.2) is 0 Å². The topological polar surface area (TPSA) is 62.3 Å². The number of likely N-dealkylation sites (tertiary alicyclic amines) is 1. The first-order valence-electron chi connectivity index (χ1n) is 8.32. The molecule has 0 spiro atoms. The maximum absolute atomic E-state index is 12.6. The van der Waals surface area contributed by atoms with E-state index in [1.807, 2.05) is 19.1 Å². The van der Waals surface area contributed by atoms with E-state index >= 15 is 0 Å². The molecule has 3 rings (SSSR count). The minimum absolute atomic E-state index is 0.0389. The summed E-state index contributed by atoms with van der Waals surface area (Å²) in [7, 11) is 0. The van der Waals surface area contributed by atoms with Crippen LogP contribution < -0.4 is 5.32 Å². The summed E-state index contributed by atoms with van der Waals surface area (Å²) < 4.78 is 0. The molecule has 0 radical (unpaired) electrons. The summed E-state index contributed by atoms with van der Waals surface area (Å²) in [6.07, 6.45) is 2.94. The number of benzene rings is 1. The second-order valence-electron chi connectivity index (χ2n) is 6.25. The van der Waals surface area contributed by atoms with Crippen molar-refractivity contribution in [1.82, 2.24) is 9.88 Å². The molecular weight excluding hydrogens is 338 g/mol. The second-order valence-corrected chi connectivity index (χ2v) is 6.66. The van der Waals surface area contributed by atoms with Crippen molar-refractivity contribution < 1.29 is 9.59 Å². The van der Waals surface area contributed by atoms with Gasteiger partial charge in [-0.1, -0.05) is 23.7 Å². The van der Waals surface area contributed by atoms with Gasteiger partial charge < -0.3 is 10.2 Å². The zero-order chi connectivity index (χ0) is 17.8. The number of aryl methyl sites for hydroxylation is 1. The molecule has 6 heteroatoms. The number of carbonyl (C=O) groups is 2. The van der Waals surface area contributed by atoms with Crippen LogP contribution >= 0.6 is 11.6 Å². The van der Waals surface area contributed by atoms with Crippen LogP contribution in [0.2, 0.25) is 5.02 Å². The molecule has 5 nitrogen and oxygen atoms in total. The van der Waals surface area contributed by atoms with Crippen LogP contribution in [0.4, 0.5) is 5.82 Å². The lowest BCUT2D eigenvalue weighted by Gasteiger charge is -2.31. The van der Waals surface area contributed by atoms with Crippen molar-refractivity contribution in [2.75, 3.05) is 18.4 Å². The minimum atomic E-state index is -0.113. The third-order valence-electron chi connectivity index (χ3n) is 4.42. The summed E-state index contributed by atoms with van der Waals surface area (Å²) in [4.78, 5) is 30.9. The lowest BCUT2D eigenvalue weighted by molar-refractivity contribution is -0.121. The number of hydrogen-bond acceptors (Lipinski definition) is 3. The maximum Gasteiger partial charge on any atom is 0.255 e. The van der Waals surface area contributed by atoms with Gasteiger partial charge in [-0.05, 0) is 49.6 Å². The monoisotopic (exact) mass is 357 g/mol. The highest BCUT2D eigenvalue weighted by Gasteiger charge is 2.28. The van der Waals surface area contributed by atoms with Crippen molar-refractivity contribution in [3.05, 3.63) is 58.7 Å². The lowest BCUT2D eigenvalue weighted by Crippen LogP contribution is -2.41. The van der Waals surface area contributed by atoms with Crippen LogP contribution in [0.25, 0.3) is 0 Å². The molecule has 1 saturated heterocycles. The Morgan fingerprint density at radius 3 is 2.60 bits per heavy atom. The van der Waals surface area contributed by atoms with Crippen LogP contribution in [0, 0.1) is 12.8 Å². The molecule has 1 N–H and O–H groups in total. The van der Waals surface area contributed by atoms with Crippen molar-refractivity contribution in [3.63, 3.8) is 0 Å². The van der Waals surface area contributed by atoms with E-state index in [0.29, 0.717) is 42.3 Å². The van der Waals surface area contributed by atoms with E-state index in [4.69, 9.17) is 11.6 Å². The molecule has 25 heavy (non-hydrogen) atoms. The van der Waals surface area contributed by atoms with Crippen molar-refractivity contribution in [3.8, 4) is 0 Å². The van der Waals surface area contributed by atoms with Crippen molar-refractivity contribution in [1.29, 1.82) is 0 Å². The SMILES string of the molecule is Cc1ccnc(NC(=O)C2CCN(C(=O)c3ccccc3Cl)CC2)c1. The maximum atomic E-state index is 12.6. The first-order valence-corrected chi connectivity index (χ1v) is 8.69. The van der Waals surface area contributed by atoms with Gasteiger partial charge in [-0.25, -0.2) is 4.98 Å². The Balaban J connectivity index is 1.57. The Morgan fingerprint density at radius 2 is 1.92 bits per heavy atom. The Kier molecular flexibility index (Phi) is 5.34. The fourth-order valence-electron chi connectivity index (χ4n) is 2.98.